The van der Waals surface area contributed by atoms with Gasteiger partial charge in [0, 0.05) is 45.4 Å². The summed E-state index contributed by atoms with van der Waals surface area (Å²) in [5.74, 6) is 1.78. The zero-order valence-corrected chi connectivity index (χ0v) is 13.1. The van der Waals surface area contributed by atoms with Crippen molar-refractivity contribution in [3.05, 3.63) is 42.5 Å². The summed E-state index contributed by atoms with van der Waals surface area (Å²) in [7, 11) is 0. The van der Waals surface area contributed by atoms with E-state index in [-0.39, 0.29) is 5.91 Å². The summed E-state index contributed by atoms with van der Waals surface area (Å²) in [5, 5.41) is 3.26. The molecule has 23 heavy (non-hydrogen) atoms. The van der Waals surface area contributed by atoms with Gasteiger partial charge in [-0.15, -0.1) is 0 Å². The van der Waals surface area contributed by atoms with Crippen molar-refractivity contribution in [1.29, 1.82) is 0 Å². The molecule has 0 bridgehead atoms. The third-order valence-electron chi connectivity index (χ3n) is 3.88. The fourth-order valence-corrected chi connectivity index (χ4v) is 2.55. The van der Waals surface area contributed by atoms with Crippen molar-refractivity contribution in [2.24, 2.45) is 0 Å². The van der Waals surface area contributed by atoms with Gasteiger partial charge in [0.2, 0.25) is 5.91 Å². The minimum absolute atomic E-state index is 0.130. The maximum atomic E-state index is 11.4. The summed E-state index contributed by atoms with van der Waals surface area (Å²) in [6, 6.07) is 7.76. The van der Waals surface area contributed by atoms with Crippen molar-refractivity contribution < 1.29 is 4.79 Å². The molecule has 3 heterocycles. The monoisotopic (exact) mass is 312 g/mol. The summed E-state index contributed by atoms with van der Waals surface area (Å²) in [6.45, 7) is 5.27. The lowest BCUT2D eigenvalue weighted by molar-refractivity contribution is -0.129. The number of amides is 1. The van der Waals surface area contributed by atoms with Crippen LogP contribution in [0.3, 0.4) is 0 Å². The van der Waals surface area contributed by atoms with E-state index < -0.39 is 0 Å². The van der Waals surface area contributed by atoms with Crippen molar-refractivity contribution >= 4 is 17.5 Å². The molecule has 1 N–H and O–H groups in total. The van der Waals surface area contributed by atoms with Gasteiger partial charge >= 0.3 is 0 Å². The Kier molecular flexibility index (Phi) is 4.65. The zero-order chi connectivity index (χ0) is 16.1. The number of nitrogens with one attached hydrogen (secondary N) is 1. The molecule has 1 fully saturated rings. The number of hydrogen-bond acceptors (Lipinski definition) is 6. The molecule has 7 heteroatoms. The zero-order valence-electron chi connectivity index (χ0n) is 13.1. The highest BCUT2D eigenvalue weighted by Gasteiger charge is 2.19. The quantitative estimate of drug-likeness (QED) is 0.913. The van der Waals surface area contributed by atoms with Crippen molar-refractivity contribution in [3.63, 3.8) is 0 Å². The maximum Gasteiger partial charge on any atom is 0.219 e. The first-order valence-corrected chi connectivity index (χ1v) is 7.68. The summed E-state index contributed by atoms with van der Waals surface area (Å²) in [4.78, 5) is 28.3. The number of hydrogen-bond donors (Lipinski definition) is 1. The van der Waals surface area contributed by atoms with Gasteiger partial charge in [-0.3, -0.25) is 9.78 Å². The van der Waals surface area contributed by atoms with Gasteiger partial charge in [0.15, 0.2) is 0 Å². The van der Waals surface area contributed by atoms with Gasteiger partial charge in [-0.05, 0) is 12.1 Å². The predicted molar refractivity (Wildman–Crippen MR) is 88.1 cm³/mol. The molecule has 3 rings (SSSR count). The molecule has 0 atom stereocenters. The lowest BCUT2D eigenvalue weighted by Crippen LogP contribution is -2.48. The number of nitrogens with zero attached hydrogens (tertiary/aromatic N) is 5. The number of rotatable bonds is 4. The highest BCUT2D eigenvalue weighted by Crippen LogP contribution is 2.16. The average molecular weight is 312 g/mol. The van der Waals surface area contributed by atoms with Crippen LogP contribution in [-0.2, 0) is 11.3 Å². The van der Waals surface area contributed by atoms with E-state index in [0.29, 0.717) is 6.54 Å². The molecule has 7 nitrogen and oxygen atoms in total. The van der Waals surface area contributed by atoms with Crippen LogP contribution in [0.5, 0.6) is 0 Å². The molecule has 0 spiro atoms. The van der Waals surface area contributed by atoms with Gasteiger partial charge in [0.25, 0.3) is 0 Å². The van der Waals surface area contributed by atoms with Gasteiger partial charge in [-0.25, -0.2) is 9.97 Å². The molecule has 0 aliphatic carbocycles. The van der Waals surface area contributed by atoms with E-state index in [1.54, 1.807) is 19.4 Å². The van der Waals surface area contributed by atoms with Crippen LogP contribution in [0.25, 0.3) is 0 Å². The predicted octanol–water partition coefficient (Wildman–Crippen LogP) is 1.15. The van der Waals surface area contributed by atoms with Crippen LogP contribution in [0.2, 0.25) is 0 Å². The summed E-state index contributed by atoms with van der Waals surface area (Å²) < 4.78 is 0. The second-order valence-electron chi connectivity index (χ2n) is 5.43. The number of carbonyl (C=O) groups is 1. The van der Waals surface area contributed by atoms with Crippen LogP contribution >= 0.6 is 0 Å². The summed E-state index contributed by atoms with van der Waals surface area (Å²) in [6.07, 6.45) is 3.34. The third kappa shape index (κ3) is 3.94. The topological polar surface area (TPSA) is 74.2 Å². The lowest BCUT2D eigenvalue weighted by atomic mass is 10.3. The Morgan fingerprint density at radius 3 is 2.70 bits per heavy atom. The molecule has 1 amide bonds. The van der Waals surface area contributed by atoms with Crippen LogP contribution < -0.4 is 10.2 Å². The smallest absolute Gasteiger partial charge is 0.219 e. The highest BCUT2D eigenvalue weighted by atomic mass is 16.2. The largest absolute Gasteiger partial charge is 0.364 e. The van der Waals surface area contributed by atoms with Crippen molar-refractivity contribution in [2.75, 3.05) is 36.4 Å². The fraction of sp³-hybridized carbons (Fsp3) is 0.375. The molecule has 2 aromatic rings. The molecule has 1 aliphatic heterocycles. The number of carbonyl (C=O) groups excluding carboxylic acids is 1. The van der Waals surface area contributed by atoms with E-state index in [1.165, 1.54) is 0 Å². The van der Waals surface area contributed by atoms with Gasteiger partial charge in [-0.1, -0.05) is 6.07 Å². The highest BCUT2D eigenvalue weighted by molar-refractivity contribution is 5.73. The van der Waals surface area contributed by atoms with E-state index in [0.717, 1.165) is 43.5 Å². The Morgan fingerprint density at radius 2 is 2.00 bits per heavy atom. The molecular weight excluding hydrogens is 292 g/mol. The fourth-order valence-electron chi connectivity index (χ4n) is 2.55. The second-order valence-corrected chi connectivity index (χ2v) is 5.43. The normalized spacial score (nSPS) is 14.7. The molecule has 120 valence electrons. The van der Waals surface area contributed by atoms with Crippen molar-refractivity contribution in [3.8, 4) is 0 Å². The Bertz CT molecular complexity index is 655. The van der Waals surface area contributed by atoms with E-state index in [2.05, 4.69) is 25.2 Å². The van der Waals surface area contributed by atoms with E-state index in [9.17, 15) is 4.79 Å². The van der Waals surface area contributed by atoms with E-state index in [1.807, 2.05) is 29.2 Å². The molecule has 0 saturated carbocycles. The van der Waals surface area contributed by atoms with E-state index >= 15 is 0 Å². The van der Waals surface area contributed by atoms with Gasteiger partial charge in [0.05, 0.1) is 12.2 Å². The molecule has 0 aromatic carbocycles. The summed E-state index contributed by atoms with van der Waals surface area (Å²) in [5.41, 5.74) is 0.961. The minimum Gasteiger partial charge on any atom is -0.364 e. The minimum atomic E-state index is 0.130. The van der Waals surface area contributed by atoms with Crippen LogP contribution in [0.1, 0.15) is 12.6 Å². The standard InChI is InChI=1S/C16H20N6O/c1-13(23)21-6-8-22(9-7-21)16-10-15(19-12-20-16)18-11-14-4-2-3-5-17-14/h2-5,10,12H,6-9,11H2,1H3,(H,18,19,20). The number of pyridine rings is 1. The van der Waals surface area contributed by atoms with Crippen LogP contribution in [0.4, 0.5) is 11.6 Å². The average Bonchev–Trinajstić information content (AvgIpc) is 2.61. The Morgan fingerprint density at radius 1 is 1.17 bits per heavy atom. The molecule has 2 aromatic heterocycles. The molecule has 0 unspecified atom stereocenters. The molecule has 1 aliphatic rings. The van der Waals surface area contributed by atoms with Crippen LogP contribution in [0.15, 0.2) is 36.8 Å². The van der Waals surface area contributed by atoms with Crippen LogP contribution in [0, 0.1) is 0 Å². The Balaban J connectivity index is 1.60. The molecular formula is C16H20N6O. The van der Waals surface area contributed by atoms with Gasteiger partial charge in [0.1, 0.15) is 18.0 Å². The Hall–Kier alpha value is -2.70. The number of piperazine rings is 1. The third-order valence-corrected chi connectivity index (χ3v) is 3.88. The van der Waals surface area contributed by atoms with Crippen LogP contribution in [-0.4, -0.2) is 51.9 Å². The second kappa shape index (κ2) is 7.04. The maximum absolute atomic E-state index is 11.4. The summed E-state index contributed by atoms with van der Waals surface area (Å²) >= 11 is 0. The SMILES string of the molecule is CC(=O)N1CCN(c2cc(NCc3ccccn3)ncn2)CC1. The van der Waals surface area contributed by atoms with E-state index in [4.69, 9.17) is 0 Å². The molecule has 1 saturated heterocycles. The molecule has 0 radical (unpaired) electrons. The number of aromatic nitrogens is 3. The first-order valence-electron chi connectivity index (χ1n) is 7.68. The first kappa shape index (κ1) is 15.2. The lowest BCUT2D eigenvalue weighted by Gasteiger charge is -2.34. The number of anilines is 2. The van der Waals surface area contributed by atoms with Gasteiger partial charge in [-0.2, -0.15) is 0 Å². The van der Waals surface area contributed by atoms with Gasteiger partial charge < -0.3 is 15.1 Å². The van der Waals surface area contributed by atoms with Crippen molar-refractivity contribution in [1.82, 2.24) is 19.9 Å². The first-order chi connectivity index (χ1) is 11.2. The Labute approximate surface area is 135 Å². The van der Waals surface area contributed by atoms with Crippen molar-refractivity contribution in [2.45, 2.75) is 13.5 Å².